The van der Waals surface area contributed by atoms with Crippen molar-refractivity contribution in [3.63, 3.8) is 0 Å². The zero-order chi connectivity index (χ0) is 32.3. The third-order valence-corrected chi connectivity index (χ3v) is 7.37. The number of carbonyl (C=O) groups is 2. The number of carbonyl (C=O) groups excluding carboxylic acids is 2. The number of halogens is 1. The van der Waals surface area contributed by atoms with E-state index in [-0.39, 0.29) is 19.8 Å². The Labute approximate surface area is 279 Å². The number of nitriles is 1. The lowest BCUT2D eigenvalue weighted by Crippen LogP contribution is -2.45. The summed E-state index contributed by atoms with van der Waals surface area (Å²) in [7, 11) is 1.53. The van der Waals surface area contributed by atoms with Crippen LogP contribution < -0.4 is 30.3 Å². The van der Waals surface area contributed by atoms with E-state index in [0.29, 0.717) is 50.3 Å². The second-order valence-electron chi connectivity index (χ2n) is 9.49. The number of methoxy groups -OCH3 is 1. The summed E-state index contributed by atoms with van der Waals surface area (Å²) < 4.78 is 23.6. The van der Waals surface area contributed by atoms with Crippen LogP contribution in [0.2, 0.25) is 0 Å². The summed E-state index contributed by atoms with van der Waals surface area (Å²) in [5, 5.41) is 19.9. The van der Waals surface area contributed by atoms with Gasteiger partial charge in [0.2, 0.25) is 0 Å². The maximum atomic E-state index is 12.8. The van der Waals surface area contributed by atoms with Gasteiger partial charge in [0.25, 0.3) is 5.91 Å². The predicted octanol–water partition coefficient (Wildman–Crippen LogP) is 4.64. The van der Waals surface area contributed by atoms with E-state index in [1.807, 2.05) is 18.2 Å². The van der Waals surface area contributed by atoms with Crippen molar-refractivity contribution in [1.29, 1.82) is 5.26 Å². The third-order valence-electron chi connectivity index (χ3n) is 6.52. The summed E-state index contributed by atoms with van der Waals surface area (Å²) in [4.78, 5) is 25.5. The van der Waals surface area contributed by atoms with E-state index in [1.165, 1.54) is 13.3 Å². The number of thiocarbonyl (C=S) groups is 1. The lowest BCUT2D eigenvalue weighted by atomic mass is 9.95. The third kappa shape index (κ3) is 8.49. The number of nitrogens with zero attached hydrogens (tertiary/aromatic N) is 2. The predicted molar refractivity (Wildman–Crippen MR) is 180 cm³/mol. The number of hydrogen-bond donors (Lipinski definition) is 3. The van der Waals surface area contributed by atoms with Gasteiger partial charge in [-0.3, -0.25) is 4.79 Å². The van der Waals surface area contributed by atoms with E-state index < -0.39 is 17.9 Å². The fourth-order valence-corrected chi connectivity index (χ4v) is 5.39. The highest BCUT2D eigenvalue weighted by molar-refractivity contribution is 14.1. The van der Waals surface area contributed by atoms with Crippen molar-refractivity contribution in [2.75, 3.05) is 20.3 Å². The largest absolute Gasteiger partial charge is 0.493 e. The van der Waals surface area contributed by atoms with E-state index in [0.717, 1.165) is 9.13 Å². The molecule has 0 spiro atoms. The van der Waals surface area contributed by atoms with Crippen LogP contribution in [0.4, 0.5) is 0 Å². The Morgan fingerprint density at radius 2 is 1.89 bits per heavy atom. The second-order valence-corrected chi connectivity index (χ2v) is 11.1. The number of hydrazone groups is 1. The Morgan fingerprint density at radius 3 is 2.64 bits per heavy atom. The van der Waals surface area contributed by atoms with Crippen LogP contribution in [0.3, 0.4) is 0 Å². The zero-order valence-corrected chi connectivity index (χ0v) is 27.7. The molecule has 232 valence electrons. The number of ether oxygens (including phenoxy) is 4. The number of para-hydroxylation sites is 1. The van der Waals surface area contributed by atoms with E-state index >= 15 is 0 Å². The van der Waals surface area contributed by atoms with Crippen LogP contribution in [-0.4, -0.2) is 43.5 Å². The second kappa shape index (κ2) is 15.9. The Morgan fingerprint density at radius 1 is 1.13 bits per heavy atom. The molecule has 0 aliphatic carbocycles. The zero-order valence-electron chi connectivity index (χ0n) is 24.7. The molecule has 11 nitrogen and oxygen atoms in total. The van der Waals surface area contributed by atoms with Gasteiger partial charge in [-0.05, 0) is 72.9 Å². The molecule has 1 heterocycles. The molecule has 0 bridgehead atoms. The first-order valence-corrected chi connectivity index (χ1v) is 15.2. The molecule has 0 unspecified atom stereocenters. The molecular formula is C32H30IN5O6S. The number of amides is 1. The molecule has 0 saturated carbocycles. The van der Waals surface area contributed by atoms with Crippen LogP contribution in [0.1, 0.15) is 42.1 Å². The van der Waals surface area contributed by atoms with Gasteiger partial charge in [0.05, 0.1) is 43.2 Å². The summed E-state index contributed by atoms with van der Waals surface area (Å²) >= 11 is 7.47. The van der Waals surface area contributed by atoms with Crippen molar-refractivity contribution in [2.45, 2.75) is 26.5 Å². The molecule has 1 aliphatic heterocycles. The van der Waals surface area contributed by atoms with Crippen molar-refractivity contribution in [3.8, 4) is 23.3 Å². The summed E-state index contributed by atoms with van der Waals surface area (Å²) in [5.74, 6) is 0.247. The molecular weight excluding hydrogens is 709 g/mol. The summed E-state index contributed by atoms with van der Waals surface area (Å²) in [6, 6.07) is 19.3. The number of allylic oxidation sites excluding steroid dienone is 1. The Bertz CT molecular complexity index is 1700. The van der Waals surface area contributed by atoms with E-state index in [2.05, 4.69) is 49.8 Å². The minimum Gasteiger partial charge on any atom is -0.493 e. The first kappa shape index (κ1) is 33.2. The minimum atomic E-state index is -0.649. The van der Waals surface area contributed by atoms with Gasteiger partial charge in [0.15, 0.2) is 23.2 Å². The fourth-order valence-electron chi connectivity index (χ4n) is 4.50. The highest BCUT2D eigenvalue weighted by Crippen LogP contribution is 2.35. The van der Waals surface area contributed by atoms with Gasteiger partial charge < -0.3 is 29.6 Å². The van der Waals surface area contributed by atoms with Crippen molar-refractivity contribution in [3.05, 3.63) is 97.8 Å². The van der Waals surface area contributed by atoms with Crippen molar-refractivity contribution >= 4 is 58.0 Å². The number of esters is 1. The standard InChI is InChI=1S/C32H30IN5O6S/c1-4-42-31(40)28-19(2)36-32(45)37-29(28)24-11-7-8-12-25(24)43-18-27(39)38-35-16-22-13-23(33)14-26(41-3)30(22)44-17-21-10-6-5-9-20(21)15-34/h5-14,16,29H,4,17-18H2,1-3H3,(H,38,39)(H2,36,37,45)/t29-/m1/s1. The average Bonchev–Trinajstić information content (AvgIpc) is 3.03. The Hall–Kier alpha value is -4.68. The fraction of sp³-hybridized carbons (Fsp3) is 0.219. The molecule has 0 radical (unpaired) electrons. The van der Waals surface area contributed by atoms with Gasteiger partial charge in [0.1, 0.15) is 12.4 Å². The van der Waals surface area contributed by atoms with Gasteiger partial charge in [-0.1, -0.05) is 36.4 Å². The van der Waals surface area contributed by atoms with Crippen LogP contribution in [0, 0.1) is 14.9 Å². The van der Waals surface area contributed by atoms with Gasteiger partial charge in [-0.25, -0.2) is 10.2 Å². The average molecular weight is 740 g/mol. The van der Waals surface area contributed by atoms with Crippen LogP contribution in [0.15, 0.2) is 77.0 Å². The quantitative estimate of drug-likeness (QED) is 0.0791. The maximum absolute atomic E-state index is 12.8. The Kier molecular flexibility index (Phi) is 11.7. The number of hydrogen-bond acceptors (Lipinski definition) is 9. The van der Waals surface area contributed by atoms with Crippen molar-refractivity contribution in [2.24, 2.45) is 5.10 Å². The highest BCUT2D eigenvalue weighted by atomic mass is 127. The maximum Gasteiger partial charge on any atom is 0.338 e. The van der Waals surface area contributed by atoms with Gasteiger partial charge in [-0.2, -0.15) is 10.4 Å². The summed E-state index contributed by atoms with van der Waals surface area (Å²) in [6.45, 7) is 3.46. The molecule has 13 heteroatoms. The molecule has 3 aromatic carbocycles. The molecule has 1 amide bonds. The monoisotopic (exact) mass is 739 g/mol. The van der Waals surface area contributed by atoms with E-state index in [1.54, 1.807) is 56.3 Å². The van der Waals surface area contributed by atoms with E-state index in [4.69, 9.17) is 31.2 Å². The molecule has 3 aromatic rings. The number of benzene rings is 3. The molecule has 1 aliphatic rings. The molecule has 0 aromatic heterocycles. The first-order valence-electron chi connectivity index (χ1n) is 13.7. The van der Waals surface area contributed by atoms with Crippen LogP contribution in [0.5, 0.6) is 17.2 Å². The smallest absolute Gasteiger partial charge is 0.338 e. The lowest BCUT2D eigenvalue weighted by molar-refractivity contribution is -0.139. The Balaban J connectivity index is 1.47. The molecule has 0 fully saturated rings. The molecule has 45 heavy (non-hydrogen) atoms. The minimum absolute atomic E-state index is 0.129. The van der Waals surface area contributed by atoms with Crippen molar-refractivity contribution in [1.82, 2.24) is 16.1 Å². The topological polar surface area (TPSA) is 143 Å². The lowest BCUT2D eigenvalue weighted by Gasteiger charge is -2.30. The van der Waals surface area contributed by atoms with Crippen molar-refractivity contribution < 1.29 is 28.5 Å². The molecule has 0 saturated heterocycles. The normalized spacial score (nSPS) is 14.2. The SMILES string of the molecule is CCOC(=O)C1=C(C)NC(=S)N[C@@H]1c1ccccc1OCC(=O)NN=Cc1cc(I)cc(OC)c1OCc1ccccc1C#N. The number of nitrogens with one attached hydrogen (secondary N) is 3. The van der Waals surface area contributed by atoms with Crippen LogP contribution in [0.25, 0.3) is 0 Å². The van der Waals surface area contributed by atoms with Crippen LogP contribution in [-0.2, 0) is 20.9 Å². The van der Waals surface area contributed by atoms with Gasteiger partial charge in [0, 0.05) is 26.0 Å². The van der Waals surface area contributed by atoms with Crippen LogP contribution >= 0.6 is 34.8 Å². The van der Waals surface area contributed by atoms with Gasteiger partial charge >= 0.3 is 5.97 Å². The first-order chi connectivity index (χ1) is 21.7. The number of rotatable bonds is 12. The summed E-state index contributed by atoms with van der Waals surface area (Å²) in [6.07, 6.45) is 1.45. The molecule has 1 atom stereocenters. The molecule has 3 N–H and O–H groups in total. The summed E-state index contributed by atoms with van der Waals surface area (Å²) in [5.41, 5.74) is 5.78. The molecule has 4 rings (SSSR count). The van der Waals surface area contributed by atoms with Gasteiger partial charge in [-0.15, -0.1) is 0 Å². The highest BCUT2D eigenvalue weighted by Gasteiger charge is 2.32. The van der Waals surface area contributed by atoms with E-state index in [9.17, 15) is 14.9 Å².